The standard InChI is InChI=1S/C15H13N3O2S/c1-21(19,20)13-5-2-11(3-6-13)18-12-4-7-14-15(10-12)17-9-8-16-14/h2-10,18H,1H3. The molecule has 0 unspecified atom stereocenters. The molecule has 0 bridgehead atoms. The highest BCUT2D eigenvalue weighted by Gasteiger charge is 2.06. The van der Waals surface area contributed by atoms with Crippen molar-refractivity contribution < 1.29 is 8.42 Å². The highest BCUT2D eigenvalue weighted by Crippen LogP contribution is 2.21. The van der Waals surface area contributed by atoms with E-state index in [1.807, 2.05) is 18.2 Å². The van der Waals surface area contributed by atoms with Crippen LogP contribution < -0.4 is 5.32 Å². The number of rotatable bonds is 3. The molecule has 2 aromatic carbocycles. The van der Waals surface area contributed by atoms with Crippen LogP contribution in [0.25, 0.3) is 11.0 Å². The zero-order chi connectivity index (χ0) is 14.9. The van der Waals surface area contributed by atoms with E-state index in [1.165, 1.54) is 6.26 Å². The van der Waals surface area contributed by atoms with Crippen LogP contribution in [0.15, 0.2) is 59.8 Å². The van der Waals surface area contributed by atoms with E-state index >= 15 is 0 Å². The molecule has 1 heterocycles. The third-order valence-electron chi connectivity index (χ3n) is 3.04. The molecule has 0 spiro atoms. The molecule has 0 aliphatic heterocycles. The Morgan fingerprint density at radius 3 is 2.14 bits per heavy atom. The van der Waals surface area contributed by atoms with Crippen LogP contribution >= 0.6 is 0 Å². The molecule has 3 aromatic rings. The van der Waals surface area contributed by atoms with E-state index in [0.29, 0.717) is 4.90 Å². The van der Waals surface area contributed by atoms with Crippen LogP contribution in [-0.2, 0) is 9.84 Å². The Kier molecular flexibility index (Phi) is 3.31. The van der Waals surface area contributed by atoms with Gasteiger partial charge in [-0.3, -0.25) is 9.97 Å². The Morgan fingerprint density at radius 2 is 1.48 bits per heavy atom. The number of aromatic nitrogens is 2. The molecule has 0 aliphatic carbocycles. The Hall–Kier alpha value is -2.47. The summed E-state index contributed by atoms with van der Waals surface area (Å²) in [6.07, 6.45) is 4.49. The number of nitrogens with one attached hydrogen (secondary N) is 1. The molecule has 0 fully saturated rings. The fourth-order valence-corrected chi connectivity index (χ4v) is 2.62. The second kappa shape index (κ2) is 5.14. The highest BCUT2D eigenvalue weighted by molar-refractivity contribution is 7.90. The summed E-state index contributed by atoms with van der Waals surface area (Å²) in [6.45, 7) is 0. The van der Waals surface area contributed by atoms with E-state index in [-0.39, 0.29) is 0 Å². The van der Waals surface area contributed by atoms with Crippen LogP contribution in [0.1, 0.15) is 0 Å². The third-order valence-corrected chi connectivity index (χ3v) is 4.17. The van der Waals surface area contributed by atoms with Gasteiger partial charge in [0.2, 0.25) is 0 Å². The van der Waals surface area contributed by atoms with Crippen molar-refractivity contribution in [3.05, 3.63) is 54.9 Å². The summed E-state index contributed by atoms with van der Waals surface area (Å²) in [5, 5.41) is 3.21. The first-order valence-electron chi connectivity index (χ1n) is 6.30. The van der Waals surface area contributed by atoms with Crippen molar-refractivity contribution in [2.24, 2.45) is 0 Å². The van der Waals surface area contributed by atoms with Gasteiger partial charge in [0.15, 0.2) is 9.84 Å². The lowest BCUT2D eigenvalue weighted by Crippen LogP contribution is -1.97. The average Bonchev–Trinajstić information content (AvgIpc) is 2.47. The number of nitrogens with zero attached hydrogens (tertiary/aromatic N) is 2. The fourth-order valence-electron chi connectivity index (χ4n) is 1.99. The molecule has 5 nitrogen and oxygen atoms in total. The highest BCUT2D eigenvalue weighted by atomic mass is 32.2. The van der Waals surface area contributed by atoms with Crippen molar-refractivity contribution in [2.75, 3.05) is 11.6 Å². The number of sulfone groups is 1. The molecule has 0 saturated carbocycles. The van der Waals surface area contributed by atoms with Gasteiger partial charge in [-0.05, 0) is 42.5 Å². The van der Waals surface area contributed by atoms with Crippen LogP contribution in [-0.4, -0.2) is 24.6 Å². The van der Waals surface area contributed by atoms with Crippen molar-refractivity contribution in [1.82, 2.24) is 9.97 Å². The van der Waals surface area contributed by atoms with Gasteiger partial charge in [0.1, 0.15) is 0 Å². The average molecular weight is 299 g/mol. The van der Waals surface area contributed by atoms with Crippen molar-refractivity contribution in [2.45, 2.75) is 4.90 Å². The van der Waals surface area contributed by atoms with Crippen LogP contribution in [0.5, 0.6) is 0 Å². The number of fused-ring (bicyclic) bond motifs is 1. The van der Waals surface area contributed by atoms with Gasteiger partial charge in [-0.1, -0.05) is 0 Å². The van der Waals surface area contributed by atoms with Gasteiger partial charge >= 0.3 is 0 Å². The second-order valence-electron chi connectivity index (χ2n) is 4.68. The van der Waals surface area contributed by atoms with Crippen molar-refractivity contribution >= 4 is 32.2 Å². The molecule has 0 radical (unpaired) electrons. The molecule has 3 rings (SSSR count). The normalized spacial score (nSPS) is 11.5. The Bertz CT molecular complexity index is 890. The van der Waals surface area contributed by atoms with E-state index in [2.05, 4.69) is 15.3 Å². The molecular formula is C15H13N3O2S. The van der Waals surface area contributed by atoms with Gasteiger partial charge in [0, 0.05) is 30.0 Å². The van der Waals surface area contributed by atoms with Gasteiger partial charge in [-0.2, -0.15) is 0 Å². The zero-order valence-electron chi connectivity index (χ0n) is 11.3. The van der Waals surface area contributed by atoms with E-state index < -0.39 is 9.84 Å². The molecule has 1 aromatic heterocycles. The molecule has 0 amide bonds. The predicted molar refractivity (Wildman–Crippen MR) is 82.4 cm³/mol. The summed E-state index contributed by atoms with van der Waals surface area (Å²) in [4.78, 5) is 8.76. The fraction of sp³-hybridized carbons (Fsp3) is 0.0667. The molecule has 106 valence electrons. The Labute approximate surface area is 122 Å². The SMILES string of the molecule is CS(=O)(=O)c1ccc(Nc2ccc3nccnc3c2)cc1. The second-order valence-corrected chi connectivity index (χ2v) is 6.70. The smallest absolute Gasteiger partial charge is 0.175 e. The minimum atomic E-state index is -3.17. The summed E-state index contributed by atoms with van der Waals surface area (Å²) in [5.74, 6) is 0. The van der Waals surface area contributed by atoms with E-state index in [1.54, 1.807) is 36.7 Å². The van der Waals surface area contributed by atoms with Crippen molar-refractivity contribution in [3.63, 3.8) is 0 Å². The van der Waals surface area contributed by atoms with Gasteiger partial charge in [0.25, 0.3) is 0 Å². The van der Waals surface area contributed by atoms with E-state index in [9.17, 15) is 8.42 Å². The maximum absolute atomic E-state index is 11.4. The lowest BCUT2D eigenvalue weighted by Gasteiger charge is -2.07. The number of benzene rings is 2. The summed E-state index contributed by atoms with van der Waals surface area (Å²) in [5.41, 5.74) is 3.31. The van der Waals surface area contributed by atoms with Gasteiger partial charge in [-0.15, -0.1) is 0 Å². The van der Waals surface area contributed by atoms with Crippen LogP contribution in [0.3, 0.4) is 0 Å². The number of anilines is 2. The third kappa shape index (κ3) is 3.00. The van der Waals surface area contributed by atoms with E-state index in [4.69, 9.17) is 0 Å². The minimum Gasteiger partial charge on any atom is -0.355 e. The zero-order valence-corrected chi connectivity index (χ0v) is 12.1. The quantitative estimate of drug-likeness (QED) is 0.805. The Balaban J connectivity index is 1.88. The Morgan fingerprint density at radius 1 is 0.857 bits per heavy atom. The lowest BCUT2D eigenvalue weighted by molar-refractivity contribution is 0.602. The largest absolute Gasteiger partial charge is 0.355 e. The first-order chi connectivity index (χ1) is 10.0. The molecule has 0 aliphatic rings. The molecule has 0 saturated heterocycles. The molecule has 6 heteroatoms. The first kappa shape index (κ1) is 13.5. The lowest BCUT2D eigenvalue weighted by atomic mass is 10.2. The molecule has 0 atom stereocenters. The van der Waals surface area contributed by atoms with Crippen LogP contribution in [0.2, 0.25) is 0 Å². The molecular weight excluding hydrogens is 286 g/mol. The summed E-state index contributed by atoms with van der Waals surface area (Å²) in [7, 11) is -3.17. The topological polar surface area (TPSA) is 72.0 Å². The predicted octanol–water partition coefficient (Wildman–Crippen LogP) is 2.78. The van der Waals surface area contributed by atoms with Crippen LogP contribution in [0.4, 0.5) is 11.4 Å². The summed E-state index contributed by atoms with van der Waals surface area (Å²) in [6, 6.07) is 12.3. The van der Waals surface area contributed by atoms with Crippen molar-refractivity contribution in [1.29, 1.82) is 0 Å². The van der Waals surface area contributed by atoms with Gasteiger partial charge in [-0.25, -0.2) is 8.42 Å². The number of hydrogen-bond donors (Lipinski definition) is 1. The van der Waals surface area contributed by atoms with E-state index in [0.717, 1.165) is 22.4 Å². The van der Waals surface area contributed by atoms with Gasteiger partial charge in [0.05, 0.1) is 15.9 Å². The van der Waals surface area contributed by atoms with Gasteiger partial charge < -0.3 is 5.32 Å². The maximum Gasteiger partial charge on any atom is 0.175 e. The molecule has 21 heavy (non-hydrogen) atoms. The maximum atomic E-state index is 11.4. The monoisotopic (exact) mass is 299 g/mol. The minimum absolute atomic E-state index is 0.303. The van der Waals surface area contributed by atoms with Crippen LogP contribution in [0, 0.1) is 0 Å². The van der Waals surface area contributed by atoms with Crippen molar-refractivity contribution in [3.8, 4) is 0 Å². The number of hydrogen-bond acceptors (Lipinski definition) is 5. The summed E-state index contributed by atoms with van der Waals surface area (Å²) >= 11 is 0. The molecule has 1 N–H and O–H groups in total. The summed E-state index contributed by atoms with van der Waals surface area (Å²) < 4.78 is 22.8. The first-order valence-corrected chi connectivity index (χ1v) is 8.19.